The van der Waals surface area contributed by atoms with Crippen LogP contribution in [0.15, 0.2) is 60.7 Å². The number of rotatable bonds is 9. The zero-order valence-corrected chi connectivity index (χ0v) is 17.7. The Kier molecular flexibility index (Phi) is 7.68. The molecule has 0 aliphatic rings. The molecule has 0 aliphatic carbocycles. The maximum absolute atomic E-state index is 12.6. The molecule has 0 saturated heterocycles. The number of hydrogen-bond donors (Lipinski definition) is 2. The second-order valence-corrected chi connectivity index (χ2v) is 10.5. The number of carbonyl (C=O) groups excluding carboxylic acids is 1. The highest BCUT2D eigenvalue weighted by Gasteiger charge is 2.33. The monoisotopic (exact) mass is 400 g/mol. The number of Topliss-reactive ketones (excluding diaryl/α,β-unsaturated/α-hetero) is 1. The summed E-state index contributed by atoms with van der Waals surface area (Å²) >= 11 is 0. The van der Waals surface area contributed by atoms with Crippen LogP contribution in [0.2, 0.25) is 0 Å². The summed E-state index contributed by atoms with van der Waals surface area (Å²) in [5, 5.41) is 21.6. The molecule has 2 N–H and O–H groups in total. The number of carboxylic acids is 1. The molecule has 1 unspecified atom stereocenters. The third-order valence-electron chi connectivity index (χ3n) is 4.28. The van der Waals surface area contributed by atoms with E-state index in [1.807, 2.05) is 81.4 Å². The lowest BCUT2D eigenvalue weighted by Gasteiger charge is -2.24. The minimum atomic E-state index is -2.39. The van der Waals surface area contributed by atoms with Crippen molar-refractivity contribution in [1.29, 1.82) is 0 Å². The first kappa shape index (κ1) is 22.0. The molecule has 5 nitrogen and oxygen atoms in total. The largest absolute Gasteiger partial charge is 0.479 e. The number of aliphatic carboxylic acids is 1. The van der Waals surface area contributed by atoms with Crippen molar-refractivity contribution in [2.24, 2.45) is 5.41 Å². The molecule has 0 saturated carbocycles. The number of aliphatic hydroxyl groups excluding tert-OH is 1. The van der Waals surface area contributed by atoms with Crippen molar-refractivity contribution in [1.82, 2.24) is 0 Å². The van der Waals surface area contributed by atoms with Gasteiger partial charge in [0.05, 0.1) is 6.10 Å². The molecular weight excluding hydrogens is 372 g/mol. The summed E-state index contributed by atoms with van der Waals surface area (Å²) < 4.78 is 5.96. The van der Waals surface area contributed by atoms with Crippen LogP contribution in [0, 0.1) is 5.41 Å². The van der Waals surface area contributed by atoms with Crippen molar-refractivity contribution >= 4 is 31.2 Å². The Morgan fingerprint density at radius 1 is 0.964 bits per heavy atom. The smallest absolute Gasteiger partial charge is 0.339 e. The highest BCUT2D eigenvalue weighted by atomic mass is 28.3. The van der Waals surface area contributed by atoms with Gasteiger partial charge in [0.25, 0.3) is 0 Å². The van der Waals surface area contributed by atoms with Crippen molar-refractivity contribution < 1.29 is 24.2 Å². The Morgan fingerprint density at radius 3 is 1.82 bits per heavy atom. The second-order valence-electron chi connectivity index (χ2n) is 8.14. The first-order valence-electron chi connectivity index (χ1n) is 9.36. The van der Waals surface area contributed by atoms with E-state index in [2.05, 4.69) is 0 Å². The minimum absolute atomic E-state index is 0.162. The Bertz CT molecular complexity index is 731. The number of ketones is 1. The van der Waals surface area contributed by atoms with Gasteiger partial charge in [-0.1, -0.05) is 81.4 Å². The van der Waals surface area contributed by atoms with Gasteiger partial charge in [0.15, 0.2) is 5.78 Å². The van der Waals surface area contributed by atoms with Gasteiger partial charge in [0.1, 0.15) is 0 Å². The zero-order chi connectivity index (χ0) is 20.7. The van der Waals surface area contributed by atoms with E-state index in [9.17, 15) is 19.8 Å². The van der Waals surface area contributed by atoms with Crippen LogP contribution in [-0.4, -0.2) is 43.2 Å². The van der Waals surface area contributed by atoms with E-state index < -0.39 is 33.0 Å². The minimum Gasteiger partial charge on any atom is -0.479 e. The number of carboxylic acid groups (broad SMARTS) is 1. The van der Waals surface area contributed by atoms with Gasteiger partial charge in [-0.05, 0) is 22.2 Å². The molecule has 0 aliphatic heterocycles. The molecule has 2 rings (SSSR count). The zero-order valence-electron chi connectivity index (χ0n) is 16.5. The van der Waals surface area contributed by atoms with E-state index in [4.69, 9.17) is 4.43 Å². The molecule has 0 spiro atoms. The van der Waals surface area contributed by atoms with E-state index in [1.165, 1.54) is 0 Å². The molecule has 28 heavy (non-hydrogen) atoms. The van der Waals surface area contributed by atoms with E-state index in [0.717, 1.165) is 10.4 Å². The van der Waals surface area contributed by atoms with E-state index in [1.54, 1.807) is 0 Å². The SMILES string of the molecule is CC(C)(C)C[C@H](O)CC(=O)C(O[SiH](c1ccccc1)c1ccccc1)C(=O)O. The van der Waals surface area contributed by atoms with Crippen LogP contribution in [0.4, 0.5) is 0 Å². The van der Waals surface area contributed by atoms with Crippen molar-refractivity contribution in [3.63, 3.8) is 0 Å². The van der Waals surface area contributed by atoms with Gasteiger partial charge in [-0.25, -0.2) is 4.79 Å². The van der Waals surface area contributed by atoms with Crippen LogP contribution < -0.4 is 10.4 Å². The lowest BCUT2D eigenvalue weighted by Crippen LogP contribution is -2.51. The summed E-state index contributed by atoms with van der Waals surface area (Å²) in [6, 6.07) is 18.8. The average Bonchev–Trinajstić information content (AvgIpc) is 2.61. The third kappa shape index (κ3) is 6.71. The van der Waals surface area contributed by atoms with Crippen LogP contribution >= 0.6 is 0 Å². The van der Waals surface area contributed by atoms with Crippen molar-refractivity contribution in [3.8, 4) is 0 Å². The van der Waals surface area contributed by atoms with Gasteiger partial charge in [-0.15, -0.1) is 0 Å². The molecule has 2 aromatic carbocycles. The predicted molar refractivity (Wildman–Crippen MR) is 112 cm³/mol. The van der Waals surface area contributed by atoms with Crippen molar-refractivity contribution in [2.75, 3.05) is 0 Å². The normalized spacial score (nSPS) is 13.9. The molecule has 0 fully saturated rings. The molecule has 0 bridgehead atoms. The highest BCUT2D eigenvalue weighted by Crippen LogP contribution is 2.22. The maximum atomic E-state index is 12.6. The van der Waals surface area contributed by atoms with Gasteiger partial charge >= 0.3 is 5.97 Å². The summed E-state index contributed by atoms with van der Waals surface area (Å²) in [6.45, 7) is 5.87. The molecule has 0 amide bonds. The summed E-state index contributed by atoms with van der Waals surface area (Å²) in [5.41, 5.74) is -0.162. The number of aliphatic hydroxyl groups is 1. The molecule has 0 aromatic heterocycles. The Balaban J connectivity index is 2.23. The summed E-state index contributed by atoms with van der Waals surface area (Å²) in [6.07, 6.45) is -2.32. The van der Waals surface area contributed by atoms with Gasteiger partial charge in [0, 0.05) is 6.42 Å². The van der Waals surface area contributed by atoms with Crippen LogP contribution in [-0.2, 0) is 14.0 Å². The molecule has 0 radical (unpaired) electrons. The maximum Gasteiger partial charge on any atom is 0.339 e. The van der Waals surface area contributed by atoms with Crippen LogP contribution in [0.25, 0.3) is 0 Å². The summed E-state index contributed by atoms with van der Waals surface area (Å²) in [5.74, 6) is -1.93. The molecular formula is C22H28O5Si. The number of carbonyl (C=O) groups is 2. The third-order valence-corrected chi connectivity index (χ3v) is 6.80. The molecule has 2 aromatic rings. The Hall–Kier alpha value is -2.28. The fourth-order valence-electron chi connectivity index (χ4n) is 3.13. The lowest BCUT2D eigenvalue weighted by atomic mass is 9.87. The highest BCUT2D eigenvalue weighted by molar-refractivity contribution is 6.80. The van der Waals surface area contributed by atoms with Gasteiger partial charge in [-0.2, -0.15) is 0 Å². The standard InChI is InChI=1S/C22H28O5Si/c1-22(2,3)15-16(23)14-19(24)20(21(25)26)27-28(17-10-6-4-7-11-17)18-12-8-5-9-13-18/h4-13,16,20,23,28H,14-15H2,1-3H3,(H,25,26)/t16-,20?/m1/s1. The molecule has 2 atom stereocenters. The van der Waals surface area contributed by atoms with E-state index >= 15 is 0 Å². The fourth-order valence-corrected chi connectivity index (χ4v) is 5.51. The quantitative estimate of drug-likeness (QED) is 0.495. The summed E-state index contributed by atoms with van der Waals surface area (Å²) in [7, 11) is -2.39. The Morgan fingerprint density at radius 2 is 1.43 bits per heavy atom. The van der Waals surface area contributed by atoms with Gasteiger partial charge < -0.3 is 14.6 Å². The number of hydrogen-bond acceptors (Lipinski definition) is 4. The van der Waals surface area contributed by atoms with Crippen LogP contribution in [0.3, 0.4) is 0 Å². The topological polar surface area (TPSA) is 83.8 Å². The molecule has 0 heterocycles. The van der Waals surface area contributed by atoms with E-state index in [0.29, 0.717) is 6.42 Å². The van der Waals surface area contributed by atoms with Crippen molar-refractivity contribution in [2.45, 2.75) is 45.8 Å². The van der Waals surface area contributed by atoms with Gasteiger partial charge in [0.2, 0.25) is 15.1 Å². The summed E-state index contributed by atoms with van der Waals surface area (Å²) in [4.78, 5) is 24.4. The second kappa shape index (κ2) is 9.77. The first-order chi connectivity index (χ1) is 13.2. The van der Waals surface area contributed by atoms with Crippen LogP contribution in [0.1, 0.15) is 33.6 Å². The molecule has 6 heteroatoms. The predicted octanol–water partition coefficient (Wildman–Crippen LogP) is 1.75. The van der Waals surface area contributed by atoms with Gasteiger partial charge in [-0.3, -0.25) is 4.79 Å². The fraction of sp³-hybridized carbons (Fsp3) is 0.364. The van der Waals surface area contributed by atoms with E-state index in [-0.39, 0.29) is 11.8 Å². The first-order valence-corrected chi connectivity index (χ1v) is 11.0. The van der Waals surface area contributed by atoms with Crippen LogP contribution in [0.5, 0.6) is 0 Å². The Labute approximate surface area is 167 Å². The van der Waals surface area contributed by atoms with Crippen molar-refractivity contribution in [3.05, 3.63) is 60.7 Å². The number of benzene rings is 2. The average molecular weight is 401 g/mol. The molecule has 150 valence electrons. The lowest BCUT2D eigenvalue weighted by molar-refractivity contribution is -0.151.